The van der Waals surface area contributed by atoms with Crippen molar-refractivity contribution in [3.05, 3.63) is 30.5 Å². The van der Waals surface area contributed by atoms with E-state index < -0.39 is 11.5 Å². The van der Waals surface area contributed by atoms with Crippen LogP contribution in [0.1, 0.15) is 27.2 Å². The summed E-state index contributed by atoms with van der Waals surface area (Å²) in [5.41, 5.74) is 0.0890. The van der Waals surface area contributed by atoms with Crippen molar-refractivity contribution in [3.63, 3.8) is 0 Å². The van der Waals surface area contributed by atoms with Gasteiger partial charge in [-0.15, -0.1) is 0 Å². The molecule has 0 spiro atoms. The molecule has 1 atom stereocenters. The van der Waals surface area contributed by atoms with Crippen LogP contribution in [-0.4, -0.2) is 32.4 Å². The molecule has 20 heavy (non-hydrogen) atoms. The van der Waals surface area contributed by atoms with Gasteiger partial charge in [-0.2, -0.15) is 5.10 Å². The third-order valence-electron chi connectivity index (χ3n) is 3.45. The molecule has 108 valence electrons. The molecule has 1 unspecified atom stereocenters. The van der Waals surface area contributed by atoms with Crippen LogP contribution in [0.15, 0.2) is 30.5 Å². The minimum atomic E-state index is -0.943. The number of nitrogens with one attached hydrogen (secondary N) is 1. The number of carboxylic acid groups (broad SMARTS) is 1. The number of aryl methyl sites for hydroxylation is 1. The summed E-state index contributed by atoms with van der Waals surface area (Å²) in [6.45, 7) is 6.19. The summed E-state index contributed by atoms with van der Waals surface area (Å²) in [5.74, 6) is -0.831. The molecule has 0 amide bonds. The fourth-order valence-corrected chi connectivity index (χ4v) is 2.41. The van der Waals surface area contributed by atoms with Gasteiger partial charge < -0.3 is 5.11 Å². The minimum Gasteiger partial charge on any atom is -0.480 e. The fourth-order valence-electron chi connectivity index (χ4n) is 2.41. The first-order valence-electron chi connectivity index (χ1n) is 6.84. The lowest BCUT2D eigenvalue weighted by atomic mass is 9.97. The van der Waals surface area contributed by atoms with Crippen LogP contribution >= 0.6 is 0 Å². The number of fused-ring (bicyclic) bond motifs is 1. The first-order chi connectivity index (χ1) is 9.42. The van der Waals surface area contributed by atoms with E-state index in [4.69, 9.17) is 0 Å². The largest absolute Gasteiger partial charge is 0.480 e. The lowest BCUT2D eigenvalue weighted by Crippen LogP contribution is -2.52. The molecular formula is C15H21N3O2. The molecule has 0 saturated heterocycles. The van der Waals surface area contributed by atoms with Crippen molar-refractivity contribution >= 4 is 16.9 Å². The molecule has 1 heterocycles. The van der Waals surface area contributed by atoms with Gasteiger partial charge in [-0.05, 0) is 33.3 Å². The smallest absolute Gasteiger partial charge is 0.323 e. The average molecular weight is 275 g/mol. The average Bonchev–Trinajstić information content (AvgIpc) is 2.78. The van der Waals surface area contributed by atoms with Crippen LogP contribution in [0.25, 0.3) is 10.9 Å². The highest BCUT2D eigenvalue weighted by atomic mass is 16.4. The minimum absolute atomic E-state index is 0.116. The van der Waals surface area contributed by atoms with Gasteiger partial charge in [-0.1, -0.05) is 18.2 Å². The van der Waals surface area contributed by atoms with Crippen molar-refractivity contribution in [3.8, 4) is 0 Å². The van der Waals surface area contributed by atoms with Crippen molar-refractivity contribution in [1.29, 1.82) is 0 Å². The Kier molecular flexibility index (Phi) is 4.09. The lowest BCUT2D eigenvalue weighted by molar-refractivity contribution is -0.144. The maximum atomic E-state index is 11.5. The van der Waals surface area contributed by atoms with E-state index in [0.717, 1.165) is 10.9 Å². The molecule has 0 fully saturated rings. The molecule has 1 aromatic heterocycles. The number of aromatic nitrogens is 2. The monoisotopic (exact) mass is 275 g/mol. The quantitative estimate of drug-likeness (QED) is 0.848. The number of carbonyl (C=O) groups is 1. The number of carboxylic acids is 1. The molecule has 5 nitrogen and oxygen atoms in total. The second-order valence-corrected chi connectivity index (χ2v) is 5.61. The maximum Gasteiger partial charge on any atom is 0.323 e. The van der Waals surface area contributed by atoms with E-state index in [1.165, 1.54) is 0 Å². The molecule has 2 N–H and O–H groups in total. The topological polar surface area (TPSA) is 67.2 Å². The maximum absolute atomic E-state index is 11.5. The van der Waals surface area contributed by atoms with Crippen LogP contribution in [0.4, 0.5) is 0 Å². The first kappa shape index (κ1) is 14.5. The highest BCUT2D eigenvalue weighted by Crippen LogP contribution is 2.17. The van der Waals surface area contributed by atoms with E-state index >= 15 is 0 Å². The highest BCUT2D eigenvalue weighted by Gasteiger charge is 2.33. The van der Waals surface area contributed by atoms with Crippen LogP contribution in [0.2, 0.25) is 0 Å². The molecule has 2 aromatic rings. The van der Waals surface area contributed by atoms with Gasteiger partial charge in [-0.25, -0.2) is 0 Å². The van der Waals surface area contributed by atoms with Crippen LogP contribution < -0.4 is 5.32 Å². The van der Waals surface area contributed by atoms with Gasteiger partial charge in [0, 0.05) is 18.0 Å². The van der Waals surface area contributed by atoms with Crippen molar-refractivity contribution in [1.82, 2.24) is 15.1 Å². The first-order valence-corrected chi connectivity index (χ1v) is 6.84. The Morgan fingerprint density at radius 1 is 1.45 bits per heavy atom. The molecule has 2 rings (SSSR count). The van der Waals surface area contributed by atoms with Gasteiger partial charge >= 0.3 is 5.97 Å². The standard InChI is InChI=1S/C15H21N3O2/c1-11(2)17-15(3,14(19)20)8-9-18-13-7-5-4-6-12(13)10-16-18/h4-7,10-11,17H,8-9H2,1-3H3,(H,19,20). The van der Waals surface area contributed by atoms with Crippen molar-refractivity contribution < 1.29 is 9.90 Å². The Labute approximate surface area is 118 Å². The van der Waals surface area contributed by atoms with E-state index in [9.17, 15) is 9.90 Å². The fraction of sp³-hybridized carbons (Fsp3) is 0.467. The number of hydrogen-bond donors (Lipinski definition) is 2. The molecule has 0 aliphatic carbocycles. The van der Waals surface area contributed by atoms with Gasteiger partial charge in [0.15, 0.2) is 0 Å². The zero-order chi connectivity index (χ0) is 14.8. The predicted molar refractivity (Wildman–Crippen MR) is 78.7 cm³/mol. The lowest BCUT2D eigenvalue weighted by Gasteiger charge is -2.28. The third-order valence-corrected chi connectivity index (χ3v) is 3.45. The van der Waals surface area contributed by atoms with Crippen LogP contribution in [0, 0.1) is 0 Å². The van der Waals surface area contributed by atoms with Gasteiger partial charge in [-0.3, -0.25) is 14.8 Å². The molecule has 1 aromatic carbocycles. The summed E-state index contributed by atoms with van der Waals surface area (Å²) in [6, 6.07) is 8.04. The summed E-state index contributed by atoms with van der Waals surface area (Å²) in [5, 5.41) is 18.0. The third kappa shape index (κ3) is 2.99. The van der Waals surface area contributed by atoms with Crippen LogP contribution in [-0.2, 0) is 11.3 Å². The summed E-state index contributed by atoms with van der Waals surface area (Å²) in [4.78, 5) is 11.5. The number of nitrogens with zero attached hydrogens (tertiary/aromatic N) is 2. The summed E-state index contributed by atoms with van der Waals surface area (Å²) in [6.07, 6.45) is 2.29. The van der Waals surface area contributed by atoms with Crippen molar-refractivity contribution in [2.24, 2.45) is 0 Å². The summed E-state index contributed by atoms with van der Waals surface area (Å²) < 4.78 is 1.86. The van der Waals surface area contributed by atoms with Gasteiger partial charge in [0.1, 0.15) is 5.54 Å². The number of aliphatic carboxylic acids is 1. The highest BCUT2D eigenvalue weighted by molar-refractivity contribution is 5.79. The predicted octanol–water partition coefficient (Wildman–Crippen LogP) is 2.27. The van der Waals surface area contributed by atoms with E-state index in [2.05, 4.69) is 10.4 Å². The van der Waals surface area contributed by atoms with Gasteiger partial charge in [0.05, 0.1) is 11.7 Å². The molecular weight excluding hydrogens is 254 g/mol. The molecule has 0 saturated carbocycles. The molecule has 0 radical (unpaired) electrons. The summed E-state index contributed by atoms with van der Waals surface area (Å²) in [7, 11) is 0. The molecule has 0 bridgehead atoms. The number of para-hydroxylation sites is 1. The number of hydrogen-bond acceptors (Lipinski definition) is 3. The van der Waals surface area contributed by atoms with Gasteiger partial charge in [0.2, 0.25) is 0 Å². The SMILES string of the molecule is CC(C)NC(C)(CCn1ncc2ccccc21)C(=O)O. The molecule has 0 aliphatic heterocycles. The Hall–Kier alpha value is -1.88. The van der Waals surface area contributed by atoms with E-state index in [1.807, 2.05) is 49.0 Å². The van der Waals surface area contributed by atoms with Crippen LogP contribution in [0.3, 0.4) is 0 Å². The van der Waals surface area contributed by atoms with Crippen molar-refractivity contribution in [2.75, 3.05) is 0 Å². The normalized spacial score (nSPS) is 14.6. The number of rotatable bonds is 6. The second-order valence-electron chi connectivity index (χ2n) is 5.61. The zero-order valence-electron chi connectivity index (χ0n) is 12.1. The summed E-state index contributed by atoms with van der Waals surface area (Å²) >= 11 is 0. The zero-order valence-corrected chi connectivity index (χ0v) is 12.1. The van der Waals surface area contributed by atoms with E-state index in [1.54, 1.807) is 6.92 Å². The van der Waals surface area contributed by atoms with Gasteiger partial charge in [0.25, 0.3) is 0 Å². The van der Waals surface area contributed by atoms with Crippen LogP contribution in [0.5, 0.6) is 0 Å². The van der Waals surface area contributed by atoms with E-state index in [0.29, 0.717) is 13.0 Å². The van der Waals surface area contributed by atoms with Crippen molar-refractivity contribution in [2.45, 2.75) is 45.3 Å². The Bertz CT molecular complexity index is 606. The Morgan fingerprint density at radius 2 is 2.15 bits per heavy atom. The Balaban J connectivity index is 2.15. The molecule has 5 heteroatoms. The second kappa shape index (κ2) is 5.63. The van der Waals surface area contributed by atoms with E-state index in [-0.39, 0.29) is 6.04 Å². The molecule has 0 aliphatic rings. The Morgan fingerprint density at radius 3 is 2.80 bits per heavy atom. The number of benzene rings is 1.